The molecule has 0 aliphatic heterocycles. The van der Waals surface area contributed by atoms with Gasteiger partial charge in [0.2, 0.25) is 0 Å². The van der Waals surface area contributed by atoms with Crippen LogP contribution in [-0.4, -0.2) is 32.6 Å². The zero-order chi connectivity index (χ0) is 23.3. The first kappa shape index (κ1) is 21.6. The van der Waals surface area contributed by atoms with Gasteiger partial charge in [-0.3, -0.25) is 4.40 Å². The fourth-order valence-electron chi connectivity index (χ4n) is 4.24. The molecule has 1 fully saturated rings. The standard InChI is InChI=1S/C24H23F4N5/c1-14-30-31-23-29-22(19-12-16(25)3-4-20(19)33(14)23)32(13-21(27)28)18-10-15(9-17(26)11-18)5-6-24(2)7-8-24/h3-4,9-12,21H,5-8,13H2,1-2H3. The molecule has 0 atom stereocenters. The van der Waals surface area contributed by atoms with E-state index in [1.165, 1.54) is 35.2 Å². The van der Waals surface area contributed by atoms with Crippen LogP contribution in [0.3, 0.4) is 0 Å². The Morgan fingerprint density at radius 2 is 1.85 bits per heavy atom. The Hall–Kier alpha value is -3.23. The van der Waals surface area contributed by atoms with Crippen molar-refractivity contribution >= 4 is 28.2 Å². The van der Waals surface area contributed by atoms with Gasteiger partial charge in [0.15, 0.2) is 0 Å². The van der Waals surface area contributed by atoms with Crippen molar-refractivity contribution in [3.63, 3.8) is 0 Å². The summed E-state index contributed by atoms with van der Waals surface area (Å²) < 4.78 is 57.8. The van der Waals surface area contributed by atoms with Crippen molar-refractivity contribution in [3.8, 4) is 0 Å². The summed E-state index contributed by atoms with van der Waals surface area (Å²) in [6.45, 7) is 3.18. The Bertz CT molecular complexity index is 1350. The second-order valence-electron chi connectivity index (χ2n) is 9.11. The summed E-state index contributed by atoms with van der Waals surface area (Å²) in [5, 5.41) is 8.35. The third kappa shape index (κ3) is 4.24. The quantitative estimate of drug-likeness (QED) is 0.319. The highest BCUT2D eigenvalue weighted by Gasteiger charge is 2.36. The molecular weight excluding hydrogens is 434 g/mol. The molecule has 33 heavy (non-hydrogen) atoms. The van der Waals surface area contributed by atoms with Crippen LogP contribution in [0.1, 0.15) is 37.6 Å². The molecule has 1 saturated carbocycles. The van der Waals surface area contributed by atoms with Crippen molar-refractivity contribution in [2.24, 2.45) is 5.41 Å². The lowest BCUT2D eigenvalue weighted by molar-refractivity contribution is 0.158. The van der Waals surface area contributed by atoms with E-state index < -0.39 is 24.6 Å². The number of rotatable bonds is 7. The second-order valence-corrected chi connectivity index (χ2v) is 9.11. The maximum Gasteiger partial charge on any atom is 0.257 e. The molecule has 172 valence electrons. The Morgan fingerprint density at radius 1 is 1.06 bits per heavy atom. The van der Waals surface area contributed by atoms with Crippen LogP contribution in [0.5, 0.6) is 0 Å². The lowest BCUT2D eigenvalue weighted by atomic mass is 9.98. The number of halogens is 4. The lowest BCUT2D eigenvalue weighted by Crippen LogP contribution is -2.25. The monoisotopic (exact) mass is 457 g/mol. The maximum absolute atomic E-state index is 14.6. The molecule has 4 aromatic rings. The summed E-state index contributed by atoms with van der Waals surface area (Å²) in [7, 11) is 0. The summed E-state index contributed by atoms with van der Waals surface area (Å²) in [4.78, 5) is 5.68. The predicted molar refractivity (Wildman–Crippen MR) is 118 cm³/mol. The molecular formula is C24H23F4N5. The van der Waals surface area contributed by atoms with E-state index in [0.717, 1.165) is 24.8 Å². The van der Waals surface area contributed by atoms with Gasteiger partial charge in [0.05, 0.1) is 12.1 Å². The van der Waals surface area contributed by atoms with Crippen molar-refractivity contribution in [2.75, 3.05) is 11.4 Å². The number of aryl methyl sites for hydroxylation is 2. The number of nitrogens with zero attached hydrogens (tertiary/aromatic N) is 5. The van der Waals surface area contributed by atoms with Gasteiger partial charge in [0, 0.05) is 11.1 Å². The average molecular weight is 457 g/mol. The molecule has 1 aliphatic carbocycles. The number of anilines is 2. The number of hydrogen-bond donors (Lipinski definition) is 0. The Balaban J connectivity index is 1.67. The largest absolute Gasteiger partial charge is 0.320 e. The first-order valence-corrected chi connectivity index (χ1v) is 10.9. The van der Waals surface area contributed by atoms with Gasteiger partial charge in [-0.15, -0.1) is 10.2 Å². The highest BCUT2D eigenvalue weighted by atomic mass is 19.3. The Labute approximate surface area is 188 Å². The van der Waals surface area contributed by atoms with E-state index in [0.29, 0.717) is 23.1 Å². The van der Waals surface area contributed by atoms with Gasteiger partial charge < -0.3 is 4.90 Å². The summed E-state index contributed by atoms with van der Waals surface area (Å²) in [6.07, 6.45) is 1.11. The SMILES string of the molecule is Cc1nnc2nc(N(CC(F)F)c3cc(F)cc(CCC4(C)CC4)c3)c3cc(F)ccc3n12. The van der Waals surface area contributed by atoms with Crippen molar-refractivity contribution in [1.29, 1.82) is 0 Å². The number of alkyl halides is 2. The minimum Gasteiger partial charge on any atom is -0.320 e. The van der Waals surface area contributed by atoms with Gasteiger partial charge in [0.25, 0.3) is 12.2 Å². The van der Waals surface area contributed by atoms with Crippen LogP contribution in [0.2, 0.25) is 0 Å². The molecule has 0 spiro atoms. The van der Waals surface area contributed by atoms with Crippen LogP contribution in [0, 0.1) is 24.0 Å². The molecule has 5 nitrogen and oxygen atoms in total. The van der Waals surface area contributed by atoms with Gasteiger partial charge >= 0.3 is 0 Å². The van der Waals surface area contributed by atoms with Crippen molar-refractivity contribution in [2.45, 2.75) is 46.0 Å². The lowest BCUT2D eigenvalue weighted by Gasteiger charge is -2.26. The molecule has 0 unspecified atom stereocenters. The van der Waals surface area contributed by atoms with Gasteiger partial charge in [0.1, 0.15) is 23.3 Å². The van der Waals surface area contributed by atoms with E-state index in [9.17, 15) is 17.6 Å². The van der Waals surface area contributed by atoms with E-state index in [-0.39, 0.29) is 22.7 Å². The summed E-state index contributed by atoms with van der Waals surface area (Å²) in [6, 6.07) is 8.41. The normalized spacial score (nSPS) is 15.0. The van der Waals surface area contributed by atoms with Crippen molar-refractivity contribution in [1.82, 2.24) is 19.6 Å². The molecule has 0 bridgehead atoms. The van der Waals surface area contributed by atoms with Crippen LogP contribution in [0.25, 0.3) is 16.7 Å². The highest BCUT2D eigenvalue weighted by molar-refractivity contribution is 5.93. The molecule has 5 rings (SSSR count). The van der Waals surface area contributed by atoms with Crippen LogP contribution in [0.15, 0.2) is 36.4 Å². The fraction of sp³-hybridized carbons (Fsp3) is 0.375. The van der Waals surface area contributed by atoms with E-state index in [2.05, 4.69) is 22.1 Å². The fourth-order valence-corrected chi connectivity index (χ4v) is 4.24. The molecule has 0 radical (unpaired) electrons. The molecule has 0 N–H and O–H groups in total. The molecule has 2 aromatic carbocycles. The van der Waals surface area contributed by atoms with Crippen LogP contribution >= 0.6 is 0 Å². The Morgan fingerprint density at radius 3 is 2.58 bits per heavy atom. The predicted octanol–water partition coefficient (Wildman–Crippen LogP) is 6.00. The third-order valence-electron chi connectivity index (χ3n) is 6.41. The number of benzene rings is 2. The number of fused-ring (bicyclic) bond motifs is 3. The third-order valence-corrected chi connectivity index (χ3v) is 6.41. The van der Waals surface area contributed by atoms with E-state index >= 15 is 0 Å². The average Bonchev–Trinajstić information content (AvgIpc) is 3.39. The minimum absolute atomic E-state index is 0.0791. The molecule has 0 amide bonds. The highest BCUT2D eigenvalue weighted by Crippen LogP contribution is 2.48. The van der Waals surface area contributed by atoms with Gasteiger partial charge in [-0.1, -0.05) is 6.92 Å². The first-order chi connectivity index (χ1) is 15.7. The zero-order valence-electron chi connectivity index (χ0n) is 18.3. The minimum atomic E-state index is -2.73. The number of hydrogen-bond acceptors (Lipinski definition) is 4. The van der Waals surface area contributed by atoms with Gasteiger partial charge in [-0.2, -0.15) is 4.98 Å². The smallest absolute Gasteiger partial charge is 0.257 e. The number of aromatic nitrogens is 4. The topological polar surface area (TPSA) is 46.3 Å². The van der Waals surface area contributed by atoms with Crippen LogP contribution < -0.4 is 4.90 Å². The van der Waals surface area contributed by atoms with Crippen molar-refractivity contribution < 1.29 is 17.6 Å². The molecule has 2 heterocycles. The Kier molecular flexibility index (Phi) is 5.22. The first-order valence-electron chi connectivity index (χ1n) is 10.9. The summed E-state index contributed by atoms with van der Waals surface area (Å²) >= 11 is 0. The molecule has 1 aliphatic rings. The molecule has 2 aromatic heterocycles. The van der Waals surface area contributed by atoms with Gasteiger partial charge in [-0.25, -0.2) is 17.6 Å². The molecule has 9 heteroatoms. The van der Waals surface area contributed by atoms with Crippen molar-refractivity contribution in [3.05, 3.63) is 59.4 Å². The zero-order valence-corrected chi connectivity index (χ0v) is 18.3. The summed E-state index contributed by atoms with van der Waals surface area (Å²) in [5.74, 6) is -0.250. The van der Waals surface area contributed by atoms with Crippen LogP contribution in [-0.2, 0) is 6.42 Å². The van der Waals surface area contributed by atoms with Gasteiger partial charge in [-0.05, 0) is 80.0 Å². The maximum atomic E-state index is 14.6. The second kappa shape index (κ2) is 7.97. The van der Waals surface area contributed by atoms with E-state index in [4.69, 9.17) is 0 Å². The molecule has 0 saturated heterocycles. The van der Waals surface area contributed by atoms with E-state index in [1.807, 2.05) is 0 Å². The summed E-state index contributed by atoms with van der Waals surface area (Å²) in [5.41, 5.74) is 1.77. The van der Waals surface area contributed by atoms with E-state index in [1.54, 1.807) is 17.4 Å². The van der Waals surface area contributed by atoms with Crippen LogP contribution in [0.4, 0.5) is 29.1 Å².